The lowest BCUT2D eigenvalue weighted by Crippen LogP contribution is -2.39. The molecule has 20 heavy (non-hydrogen) atoms. The van der Waals surface area contributed by atoms with E-state index in [-0.39, 0.29) is 5.91 Å². The molecule has 1 aliphatic carbocycles. The fourth-order valence-electron chi connectivity index (χ4n) is 2.34. The van der Waals surface area contributed by atoms with Crippen LogP contribution in [0.2, 0.25) is 0 Å². The van der Waals surface area contributed by atoms with Crippen LogP contribution in [0.3, 0.4) is 0 Å². The van der Waals surface area contributed by atoms with Crippen molar-refractivity contribution in [3.05, 3.63) is 24.3 Å². The minimum atomic E-state index is -0.914. The summed E-state index contributed by atoms with van der Waals surface area (Å²) in [6.45, 7) is 0.428. The quantitative estimate of drug-likeness (QED) is 0.747. The first-order chi connectivity index (χ1) is 9.59. The lowest BCUT2D eigenvalue weighted by Gasteiger charge is -2.24. The number of rotatable bonds is 5. The van der Waals surface area contributed by atoms with Gasteiger partial charge < -0.3 is 15.0 Å². The summed E-state index contributed by atoms with van der Waals surface area (Å²) in [6.07, 6.45) is 6.75. The summed E-state index contributed by atoms with van der Waals surface area (Å²) < 4.78 is 1.79. The summed E-state index contributed by atoms with van der Waals surface area (Å²) in [4.78, 5) is 23.2. The van der Waals surface area contributed by atoms with Gasteiger partial charge in [-0.1, -0.05) is 12.2 Å². The van der Waals surface area contributed by atoms with Gasteiger partial charge in [0.2, 0.25) is 5.91 Å². The number of nitrogens with one attached hydrogen (secondary N) is 1. The van der Waals surface area contributed by atoms with E-state index in [1.807, 2.05) is 19.2 Å². The van der Waals surface area contributed by atoms with Gasteiger partial charge in [-0.2, -0.15) is 0 Å². The SMILES string of the molecule is Cn1cnnc1CCNC(=O)[C@@H]1CC=CC[C@@H]1C(=O)O. The topological polar surface area (TPSA) is 97.1 Å². The van der Waals surface area contributed by atoms with E-state index in [4.69, 9.17) is 5.11 Å². The Morgan fingerprint density at radius 1 is 1.40 bits per heavy atom. The lowest BCUT2D eigenvalue weighted by atomic mass is 9.82. The third-order valence-electron chi connectivity index (χ3n) is 3.54. The number of carbonyl (C=O) groups excluding carboxylic acids is 1. The minimum absolute atomic E-state index is 0.205. The van der Waals surface area contributed by atoms with Crippen LogP contribution in [-0.2, 0) is 23.1 Å². The number of carbonyl (C=O) groups is 2. The summed E-state index contributed by atoms with van der Waals surface area (Å²) >= 11 is 0. The molecule has 1 aliphatic rings. The van der Waals surface area contributed by atoms with Crippen molar-refractivity contribution in [3.63, 3.8) is 0 Å². The minimum Gasteiger partial charge on any atom is -0.481 e. The largest absolute Gasteiger partial charge is 0.481 e. The maximum absolute atomic E-state index is 12.1. The predicted molar refractivity (Wildman–Crippen MR) is 70.7 cm³/mol. The Kier molecular flexibility index (Phi) is 4.49. The zero-order chi connectivity index (χ0) is 14.5. The highest BCUT2D eigenvalue weighted by molar-refractivity contribution is 5.85. The summed E-state index contributed by atoms with van der Waals surface area (Å²) in [7, 11) is 1.84. The Hall–Kier alpha value is -2.18. The Labute approximate surface area is 116 Å². The standard InChI is InChI=1S/C13H18N4O3/c1-17-8-15-16-11(17)6-7-14-12(18)9-4-2-3-5-10(9)13(19)20/h2-3,8-10H,4-7H2,1H3,(H,14,18)(H,19,20)/t9-,10+/m1/s1. The van der Waals surface area contributed by atoms with Gasteiger partial charge in [0.15, 0.2) is 0 Å². The molecule has 2 N–H and O–H groups in total. The summed E-state index contributed by atoms with van der Waals surface area (Å²) in [5.74, 6) is -1.46. The van der Waals surface area contributed by atoms with Crippen LogP contribution in [0.15, 0.2) is 18.5 Å². The molecule has 0 saturated carbocycles. The van der Waals surface area contributed by atoms with Crippen molar-refractivity contribution in [2.24, 2.45) is 18.9 Å². The second kappa shape index (κ2) is 6.31. The molecule has 0 saturated heterocycles. The van der Waals surface area contributed by atoms with Gasteiger partial charge in [0.25, 0.3) is 0 Å². The molecule has 0 radical (unpaired) electrons. The number of allylic oxidation sites excluding steroid dienone is 2. The number of carboxylic acids is 1. The van der Waals surface area contributed by atoms with Crippen molar-refractivity contribution in [2.45, 2.75) is 19.3 Å². The number of aryl methyl sites for hydroxylation is 1. The van der Waals surface area contributed by atoms with Crippen molar-refractivity contribution in [1.29, 1.82) is 0 Å². The summed E-state index contributed by atoms with van der Waals surface area (Å²) in [5.41, 5.74) is 0. The number of hydrogen-bond donors (Lipinski definition) is 2. The second-order valence-corrected chi connectivity index (χ2v) is 4.89. The van der Waals surface area contributed by atoms with Crippen molar-refractivity contribution in [1.82, 2.24) is 20.1 Å². The predicted octanol–water partition coefficient (Wildman–Crippen LogP) is 0.141. The summed E-state index contributed by atoms with van der Waals surface area (Å²) in [5, 5.41) is 19.6. The first-order valence-electron chi connectivity index (χ1n) is 6.58. The fraction of sp³-hybridized carbons (Fsp3) is 0.538. The van der Waals surface area contributed by atoms with Gasteiger partial charge in [-0.05, 0) is 12.8 Å². The van der Waals surface area contributed by atoms with Gasteiger partial charge in [-0.3, -0.25) is 9.59 Å². The van der Waals surface area contributed by atoms with E-state index in [1.165, 1.54) is 0 Å². The lowest BCUT2D eigenvalue weighted by molar-refractivity contribution is -0.147. The third kappa shape index (κ3) is 3.23. The van der Waals surface area contributed by atoms with Crippen LogP contribution in [0.25, 0.3) is 0 Å². The maximum Gasteiger partial charge on any atom is 0.307 e. The van der Waals surface area contributed by atoms with Crippen molar-refractivity contribution < 1.29 is 14.7 Å². The van der Waals surface area contributed by atoms with E-state index >= 15 is 0 Å². The Bertz CT molecular complexity index is 523. The van der Waals surface area contributed by atoms with Gasteiger partial charge in [-0.15, -0.1) is 10.2 Å². The third-order valence-corrected chi connectivity index (χ3v) is 3.54. The molecule has 2 rings (SSSR count). The van der Waals surface area contributed by atoms with E-state index in [1.54, 1.807) is 10.9 Å². The molecule has 1 aromatic rings. The number of carboxylic acid groups (broad SMARTS) is 1. The van der Waals surface area contributed by atoms with Gasteiger partial charge in [0.1, 0.15) is 12.2 Å². The Morgan fingerprint density at radius 3 is 2.70 bits per heavy atom. The molecule has 1 heterocycles. The highest BCUT2D eigenvalue weighted by atomic mass is 16.4. The molecular formula is C13H18N4O3. The molecule has 1 amide bonds. The molecule has 7 heteroatoms. The van der Waals surface area contributed by atoms with Crippen molar-refractivity contribution in [3.8, 4) is 0 Å². The number of hydrogen-bond acceptors (Lipinski definition) is 4. The van der Waals surface area contributed by atoms with Crippen molar-refractivity contribution >= 4 is 11.9 Å². The number of aliphatic carboxylic acids is 1. The van der Waals surface area contributed by atoms with Crippen LogP contribution in [0.4, 0.5) is 0 Å². The molecule has 0 aliphatic heterocycles. The number of nitrogens with zero attached hydrogens (tertiary/aromatic N) is 3. The van der Waals surface area contributed by atoms with E-state index in [2.05, 4.69) is 15.5 Å². The van der Waals surface area contributed by atoms with Crippen LogP contribution in [0.5, 0.6) is 0 Å². The van der Waals surface area contributed by atoms with E-state index in [0.29, 0.717) is 25.8 Å². The summed E-state index contributed by atoms with van der Waals surface area (Å²) in [6, 6.07) is 0. The van der Waals surface area contributed by atoms with Crippen LogP contribution in [0, 0.1) is 11.8 Å². The van der Waals surface area contributed by atoms with E-state index in [0.717, 1.165) is 5.82 Å². The number of amides is 1. The average Bonchev–Trinajstić information content (AvgIpc) is 2.84. The molecule has 0 unspecified atom stereocenters. The molecule has 0 bridgehead atoms. The molecule has 0 spiro atoms. The number of aromatic nitrogens is 3. The highest BCUT2D eigenvalue weighted by Crippen LogP contribution is 2.25. The van der Waals surface area contributed by atoms with Gasteiger partial charge in [-0.25, -0.2) is 0 Å². The maximum atomic E-state index is 12.1. The fourth-order valence-corrected chi connectivity index (χ4v) is 2.34. The zero-order valence-electron chi connectivity index (χ0n) is 11.3. The van der Waals surface area contributed by atoms with Crippen LogP contribution >= 0.6 is 0 Å². The van der Waals surface area contributed by atoms with Crippen LogP contribution in [-0.4, -0.2) is 38.3 Å². The Balaban J connectivity index is 1.86. The molecule has 0 aromatic carbocycles. The second-order valence-electron chi connectivity index (χ2n) is 4.89. The molecule has 1 aromatic heterocycles. The monoisotopic (exact) mass is 278 g/mol. The average molecular weight is 278 g/mol. The molecular weight excluding hydrogens is 260 g/mol. The van der Waals surface area contributed by atoms with Gasteiger partial charge in [0.05, 0.1) is 11.8 Å². The molecule has 7 nitrogen and oxygen atoms in total. The zero-order valence-corrected chi connectivity index (χ0v) is 11.3. The van der Waals surface area contributed by atoms with Gasteiger partial charge in [0, 0.05) is 20.0 Å². The van der Waals surface area contributed by atoms with Crippen molar-refractivity contribution in [2.75, 3.05) is 6.54 Å². The highest BCUT2D eigenvalue weighted by Gasteiger charge is 2.33. The van der Waals surface area contributed by atoms with Crippen LogP contribution in [0.1, 0.15) is 18.7 Å². The Morgan fingerprint density at radius 2 is 2.10 bits per heavy atom. The van der Waals surface area contributed by atoms with Crippen LogP contribution < -0.4 is 5.32 Å². The smallest absolute Gasteiger partial charge is 0.307 e. The molecule has 0 fully saturated rings. The van der Waals surface area contributed by atoms with E-state index in [9.17, 15) is 9.59 Å². The first kappa shape index (κ1) is 14.2. The molecule has 108 valence electrons. The molecule has 2 atom stereocenters. The normalized spacial score (nSPS) is 21.6. The van der Waals surface area contributed by atoms with E-state index < -0.39 is 17.8 Å². The first-order valence-corrected chi connectivity index (χ1v) is 6.58. The van der Waals surface area contributed by atoms with Gasteiger partial charge >= 0.3 is 5.97 Å².